The van der Waals surface area contributed by atoms with Crippen LogP contribution in [0, 0.1) is 5.92 Å². The van der Waals surface area contributed by atoms with Gasteiger partial charge >= 0.3 is 12.1 Å². The summed E-state index contributed by atoms with van der Waals surface area (Å²) in [5, 5.41) is 14.7. The third-order valence-electron chi connectivity index (χ3n) is 6.84. The molecule has 0 heterocycles. The third-order valence-corrected chi connectivity index (χ3v) is 6.84. The lowest BCUT2D eigenvalue weighted by Crippen LogP contribution is -2.49. The Balaban J connectivity index is 1.28. The molecule has 3 N–H and O–H groups in total. The Morgan fingerprint density at radius 3 is 2.20 bits per heavy atom. The van der Waals surface area contributed by atoms with Crippen molar-refractivity contribution in [3.05, 3.63) is 59.7 Å². The first-order valence-corrected chi connectivity index (χ1v) is 12.2. The summed E-state index contributed by atoms with van der Waals surface area (Å²) in [6.45, 7) is 2.43. The van der Waals surface area contributed by atoms with Gasteiger partial charge in [-0.15, -0.1) is 0 Å². The normalized spacial score (nSPS) is 16.4. The van der Waals surface area contributed by atoms with Gasteiger partial charge in [0.2, 0.25) is 5.91 Å². The standard InChI is InChI=1S/C27H32N2O6/c1-2-34-18(14-24(30)29-25(26(31)32)17-8-7-9-17)15-28-27(33)35-16-23-21-12-5-3-10-19(21)20-11-4-6-13-22(20)23/h3-6,10-13,17-18,23,25H,2,7-9,14-16H2,1H3,(H,28,33)(H,29,30)(H,31,32). The van der Waals surface area contributed by atoms with E-state index in [1.807, 2.05) is 24.3 Å². The van der Waals surface area contributed by atoms with E-state index in [-0.39, 0.29) is 31.4 Å². The van der Waals surface area contributed by atoms with E-state index in [0.29, 0.717) is 6.61 Å². The van der Waals surface area contributed by atoms with Crippen molar-refractivity contribution >= 4 is 18.0 Å². The number of hydrogen-bond acceptors (Lipinski definition) is 5. The monoisotopic (exact) mass is 480 g/mol. The zero-order chi connectivity index (χ0) is 24.8. The van der Waals surface area contributed by atoms with E-state index in [1.165, 1.54) is 0 Å². The lowest BCUT2D eigenvalue weighted by atomic mass is 9.79. The molecule has 186 valence electrons. The number of carboxylic acid groups (broad SMARTS) is 1. The van der Waals surface area contributed by atoms with Crippen molar-refractivity contribution in [3.63, 3.8) is 0 Å². The second-order valence-electron chi connectivity index (χ2n) is 9.06. The summed E-state index contributed by atoms with van der Waals surface area (Å²) in [5.74, 6) is -1.49. The van der Waals surface area contributed by atoms with E-state index in [2.05, 4.69) is 34.9 Å². The van der Waals surface area contributed by atoms with E-state index >= 15 is 0 Å². The predicted octanol–water partition coefficient (Wildman–Crippen LogP) is 3.69. The first kappa shape index (κ1) is 24.7. The first-order chi connectivity index (χ1) is 17.0. The van der Waals surface area contributed by atoms with Gasteiger partial charge in [0.1, 0.15) is 12.6 Å². The minimum atomic E-state index is -1.02. The zero-order valence-corrected chi connectivity index (χ0v) is 19.9. The quantitative estimate of drug-likeness (QED) is 0.452. The van der Waals surface area contributed by atoms with Gasteiger partial charge in [-0.2, -0.15) is 0 Å². The highest BCUT2D eigenvalue weighted by atomic mass is 16.5. The molecule has 2 unspecified atom stereocenters. The molecule has 0 radical (unpaired) electrons. The Morgan fingerprint density at radius 1 is 1.03 bits per heavy atom. The molecule has 8 heteroatoms. The van der Waals surface area contributed by atoms with Gasteiger partial charge in [0.15, 0.2) is 0 Å². The van der Waals surface area contributed by atoms with Crippen molar-refractivity contribution in [2.75, 3.05) is 19.8 Å². The van der Waals surface area contributed by atoms with Crippen LogP contribution < -0.4 is 10.6 Å². The number of aliphatic carboxylic acids is 1. The van der Waals surface area contributed by atoms with E-state index in [1.54, 1.807) is 6.92 Å². The number of carbonyl (C=O) groups is 3. The third kappa shape index (κ3) is 5.82. The van der Waals surface area contributed by atoms with Crippen LogP contribution in [-0.2, 0) is 19.1 Å². The smallest absolute Gasteiger partial charge is 0.407 e. The number of fused-ring (bicyclic) bond motifs is 3. The number of nitrogens with one attached hydrogen (secondary N) is 2. The number of amides is 2. The largest absolute Gasteiger partial charge is 0.480 e. The molecule has 4 rings (SSSR count). The lowest BCUT2D eigenvalue weighted by Gasteiger charge is -2.31. The first-order valence-electron chi connectivity index (χ1n) is 12.2. The molecular formula is C27H32N2O6. The Hall–Kier alpha value is -3.39. The summed E-state index contributed by atoms with van der Waals surface area (Å²) in [6.07, 6.45) is 1.36. The van der Waals surface area contributed by atoms with Gasteiger partial charge in [0, 0.05) is 19.1 Å². The van der Waals surface area contributed by atoms with Crippen LogP contribution in [0.1, 0.15) is 49.7 Å². The fourth-order valence-electron chi connectivity index (χ4n) is 4.87. The lowest BCUT2D eigenvalue weighted by molar-refractivity contribution is -0.145. The molecule has 8 nitrogen and oxygen atoms in total. The Bertz CT molecular complexity index is 1020. The maximum absolute atomic E-state index is 12.5. The van der Waals surface area contributed by atoms with E-state index < -0.39 is 30.1 Å². The summed E-state index contributed by atoms with van der Waals surface area (Å²) in [5.41, 5.74) is 4.57. The predicted molar refractivity (Wildman–Crippen MR) is 130 cm³/mol. The number of alkyl carbamates (subject to hydrolysis) is 1. The highest BCUT2D eigenvalue weighted by Gasteiger charge is 2.34. The average molecular weight is 481 g/mol. The van der Waals surface area contributed by atoms with Crippen molar-refractivity contribution < 1.29 is 29.0 Å². The molecule has 0 saturated heterocycles. The number of carboxylic acids is 1. The maximum atomic E-state index is 12.5. The summed E-state index contributed by atoms with van der Waals surface area (Å²) >= 11 is 0. The fourth-order valence-corrected chi connectivity index (χ4v) is 4.87. The number of ether oxygens (including phenoxy) is 2. The van der Waals surface area contributed by atoms with Crippen LogP contribution in [0.15, 0.2) is 48.5 Å². The van der Waals surface area contributed by atoms with E-state index in [9.17, 15) is 19.5 Å². The highest BCUT2D eigenvalue weighted by molar-refractivity contribution is 5.84. The molecule has 0 aliphatic heterocycles. The SMILES string of the molecule is CCOC(CNC(=O)OCC1c2ccccc2-c2ccccc21)CC(=O)NC(C(=O)O)C1CCC1. The molecule has 0 aromatic heterocycles. The molecule has 2 amide bonds. The molecule has 2 aliphatic carbocycles. The van der Waals surface area contributed by atoms with Crippen LogP contribution in [0.25, 0.3) is 11.1 Å². The minimum absolute atomic E-state index is 0.0269. The number of rotatable bonds is 11. The summed E-state index contributed by atoms with van der Waals surface area (Å²) < 4.78 is 11.1. The number of hydrogen-bond donors (Lipinski definition) is 3. The van der Waals surface area contributed by atoms with Gasteiger partial charge in [0.25, 0.3) is 0 Å². The van der Waals surface area contributed by atoms with Crippen LogP contribution >= 0.6 is 0 Å². The molecule has 0 bridgehead atoms. The van der Waals surface area contributed by atoms with Gasteiger partial charge < -0.3 is 25.2 Å². The molecule has 2 aromatic carbocycles. The molecule has 1 saturated carbocycles. The van der Waals surface area contributed by atoms with E-state index in [4.69, 9.17) is 9.47 Å². The second-order valence-corrected chi connectivity index (χ2v) is 9.06. The minimum Gasteiger partial charge on any atom is -0.480 e. The summed E-state index contributed by atoms with van der Waals surface area (Å²) in [7, 11) is 0. The molecular weight excluding hydrogens is 448 g/mol. The second kappa shape index (κ2) is 11.4. The topological polar surface area (TPSA) is 114 Å². The zero-order valence-electron chi connectivity index (χ0n) is 19.9. The van der Waals surface area contributed by atoms with Crippen LogP contribution in [-0.4, -0.2) is 55.0 Å². The molecule has 0 spiro atoms. The van der Waals surface area contributed by atoms with Gasteiger partial charge in [-0.1, -0.05) is 55.0 Å². The fraction of sp³-hybridized carbons (Fsp3) is 0.444. The van der Waals surface area contributed by atoms with Crippen molar-refractivity contribution in [2.24, 2.45) is 5.92 Å². The average Bonchev–Trinajstić information content (AvgIpc) is 3.13. The van der Waals surface area contributed by atoms with Crippen molar-refractivity contribution in [1.82, 2.24) is 10.6 Å². The van der Waals surface area contributed by atoms with Crippen LogP contribution in [0.4, 0.5) is 4.79 Å². The molecule has 2 aliphatic rings. The van der Waals surface area contributed by atoms with Gasteiger partial charge in [0.05, 0.1) is 12.5 Å². The molecule has 35 heavy (non-hydrogen) atoms. The highest BCUT2D eigenvalue weighted by Crippen LogP contribution is 2.44. The molecule has 1 fully saturated rings. The number of benzene rings is 2. The Kier molecular flexibility index (Phi) is 8.02. The van der Waals surface area contributed by atoms with Gasteiger partial charge in [-0.25, -0.2) is 9.59 Å². The summed E-state index contributed by atoms with van der Waals surface area (Å²) in [4.78, 5) is 36.4. The molecule has 2 atom stereocenters. The van der Waals surface area contributed by atoms with Crippen LogP contribution in [0.3, 0.4) is 0 Å². The van der Waals surface area contributed by atoms with Crippen molar-refractivity contribution in [2.45, 2.75) is 50.7 Å². The Morgan fingerprint density at radius 2 is 1.66 bits per heavy atom. The molecule has 2 aromatic rings. The van der Waals surface area contributed by atoms with Crippen LogP contribution in [0.2, 0.25) is 0 Å². The van der Waals surface area contributed by atoms with E-state index in [0.717, 1.165) is 41.5 Å². The van der Waals surface area contributed by atoms with Gasteiger partial charge in [-0.05, 0) is 47.9 Å². The maximum Gasteiger partial charge on any atom is 0.407 e. The van der Waals surface area contributed by atoms with Crippen molar-refractivity contribution in [1.29, 1.82) is 0 Å². The number of carbonyl (C=O) groups excluding carboxylic acids is 2. The summed E-state index contributed by atoms with van der Waals surface area (Å²) in [6, 6.07) is 15.3. The Labute approximate surface area is 205 Å². The van der Waals surface area contributed by atoms with Gasteiger partial charge in [-0.3, -0.25) is 4.79 Å². The van der Waals surface area contributed by atoms with Crippen molar-refractivity contribution in [3.8, 4) is 11.1 Å². The van der Waals surface area contributed by atoms with Crippen LogP contribution in [0.5, 0.6) is 0 Å².